The minimum Gasteiger partial charge on any atom is -0.393 e. The highest BCUT2D eigenvalue weighted by Crippen LogP contribution is 2.28. The van der Waals surface area contributed by atoms with Gasteiger partial charge in [0.1, 0.15) is 12.0 Å². The Morgan fingerprint density at radius 1 is 1.21 bits per heavy atom. The third-order valence-corrected chi connectivity index (χ3v) is 4.26. The molecule has 0 amide bonds. The summed E-state index contributed by atoms with van der Waals surface area (Å²) in [6, 6.07) is 7.94. The summed E-state index contributed by atoms with van der Waals surface area (Å²) in [7, 11) is 0. The van der Waals surface area contributed by atoms with Crippen LogP contribution in [0.25, 0.3) is 0 Å². The number of nitrogens with two attached hydrogens (primary N) is 1. The van der Waals surface area contributed by atoms with Crippen molar-refractivity contribution in [3.63, 3.8) is 0 Å². The van der Waals surface area contributed by atoms with Gasteiger partial charge in [0, 0.05) is 43.4 Å². The van der Waals surface area contributed by atoms with Gasteiger partial charge >= 0.3 is 0 Å². The number of nitrogens with one attached hydrogen (secondary N) is 1. The molecule has 0 aliphatic carbocycles. The molecular weight excluding hydrogens is 324 g/mol. The molecule has 2 aromatic rings. The first-order valence-corrected chi connectivity index (χ1v) is 8.27. The van der Waals surface area contributed by atoms with E-state index in [0.717, 1.165) is 42.7 Å². The number of hydrogen-bond donors (Lipinski definition) is 2. The fraction of sp³-hybridized carbons (Fsp3) is 0.294. The third kappa shape index (κ3) is 3.54. The zero-order chi connectivity index (χ0) is 16.9. The number of piperazine rings is 1. The normalized spacial score (nSPS) is 14.5. The van der Waals surface area contributed by atoms with E-state index in [-0.39, 0.29) is 0 Å². The van der Waals surface area contributed by atoms with Crippen LogP contribution in [-0.2, 0) is 0 Å². The zero-order valence-corrected chi connectivity index (χ0v) is 14.2. The lowest BCUT2D eigenvalue weighted by molar-refractivity contribution is 0.647. The average Bonchev–Trinajstić information content (AvgIpc) is 2.61. The van der Waals surface area contributed by atoms with Crippen LogP contribution in [0.2, 0.25) is 5.02 Å². The first-order valence-electron chi connectivity index (χ1n) is 7.89. The maximum Gasteiger partial charge on any atom is 0.157 e. The van der Waals surface area contributed by atoms with Gasteiger partial charge in [-0.25, -0.2) is 9.97 Å². The molecule has 0 radical (unpaired) electrons. The standard InChI is InChI=1S/C17H21ClN6/c1-2-6-20-16-15(19)17(22-12-21-16)24-9-7-23(8-10-24)14-5-3-4-13(18)11-14/h2-5,11-12H,1,6-10,19H2,(H,20,21,22). The predicted octanol–water partition coefficient (Wildman–Crippen LogP) is 2.64. The quantitative estimate of drug-likeness (QED) is 0.813. The van der Waals surface area contributed by atoms with Gasteiger partial charge in [0.25, 0.3) is 0 Å². The average molecular weight is 345 g/mol. The number of nitrogen functional groups attached to an aromatic ring is 1. The van der Waals surface area contributed by atoms with Crippen molar-refractivity contribution >= 4 is 34.6 Å². The number of anilines is 4. The molecule has 0 bridgehead atoms. The molecule has 1 aliphatic heterocycles. The van der Waals surface area contributed by atoms with Gasteiger partial charge in [0.05, 0.1) is 0 Å². The Balaban J connectivity index is 1.69. The SMILES string of the molecule is C=CCNc1ncnc(N2CCN(c3cccc(Cl)c3)CC2)c1N. The van der Waals surface area contributed by atoms with Crippen molar-refractivity contribution in [3.8, 4) is 0 Å². The summed E-state index contributed by atoms with van der Waals surface area (Å²) >= 11 is 6.08. The topological polar surface area (TPSA) is 70.3 Å². The summed E-state index contributed by atoms with van der Waals surface area (Å²) < 4.78 is 0. The van der Waals surface area contributed by atoms with Crippen molar-refractivity contribution in [2.75, 3.05) is 53.6 Å². The number of halogens is 1. The Morgan fingerprint density at radius 2 is 1.96 bits per heavy atom. The van der Waals surface area contributed by atoms with Crippen LogP contribution in [0.1, 0.15) is 0 Å². The number of aromatic nitrogens is 2. The monoisotopic (exact) mass is 344 g/mol. The van der Waals surface area contributed by atoms with Gasteiger partial charge < -0.3 is 20.9 Å². The molecule has 126 valence electrons. The second-order valence-corrected chi connectivity index (χ2v) is 6.02. The van der Waals surface area contributed by atoms with E-state index in [0.29, 0.717) is 18.1 Å². The molecule has 1 fully saturated rings. The van der Waals surface area contributed by atoms with E-state index in [1.807, 2.05) is 18.2 Å². The molecule has 1 saturated heterocycles. The molecule has 6 nitrogen and oxygen atoms in total. The highest BCUT2D eigenvalue weighted by Gasteiger charge is 2.21. The zero-order valence-electron chi connectivity index (χ0n) is 13.5. The molecule has 0 saturated carbocycles. The second kappa shape index (κ2) is 7.40. The van der Waals surface area contributed by atoms with E-state index in [2.05, 4.69) is 37.7 Å². The lowest BCUT2D eigenvalue weighted by Crippen LogP contribution is -2.47. The molecule has 0 spiro atoms. The highest BCUT2D eigenvalue weighted by atomic mass is 35.5. The molecular formula is C17H21ClN6. The summed E-state index contributed by atoms with van der Waals surface area (Å²) in [6.07, 6.45) is 3.31. The largest absolute Gasteiger partial charge is 0.393 e. The molecule has 2 heterocycles. The predicted molar refractivity (Wildman–Crippen MR) is 101 cm³/mol. The molecule has 1 aromatic carbocycles. The van der Waals surface area contributed by atoms with E-state index >= 15 is 0 Å². The molecule has 3 rings (SSSR count). The van der Waals surface area contributed by atoms with Crippen molar-refractivity contribution in [1.29, 1.82) is 0 Å². The summed E-state index contributed by atoms with van der Waals surface area (Å²) in [5.74, 6) is 1.43. The first-order chi connectivity index (χ1) is 11.7. The Bertz CT molecular complexity index is 712. The van der Waals surface area contributed by atoms with E-state index in [4.69, 9.17) is 17.3 Å². The first kappa shape index (κ1) is 16.4. The second-order valence-electron chi connectivity index (χ2n) is 5.58. The molecule has 1 aliphatic rings. The van der Waals surface area contributed by atoms with E-state index in [1.165, 1.54) is 0 Å². The lowest BCUT2D eigenvalue weighted by atomic mass is 10.2. The van der Waals surface area contributed by atoms with Crippen LogP contribution in [-0.4, -0.2) is 42.7 Å². The fourth-order valence-electron chi connectivity index (χ4n) is 2.80. The van der Waals surface area contributed by atoms with Crippen LogP contribution in [0.5, 0.6) is 0 Å². The Kier molecular flexibility index (Phi) is 5.05. The summed E-state index contributed by atoms with van der Waals surface area (Å²) in [6.45, 7) is 7.76. The van der Waals surface area contributed by atoms with Gasteiger partial charge in [-0.05, 0) is 18.2 Å². The smallest absolute Gasteiger partial charge is 0.157 e. The Labute approximate surface area is 146 Å². The number of nitrogens with zero attached hydrogens (tertiary/aromatic N) is 4. The van der Waals surface area contributed by atoms with Crippen molar-refractivity contribution in [2.45, 2.75) is 0 Å². The van der Waals surface area contributed by atoms with E-state index in [1.54, 1.807) is 12.4 Å². The summed E-state index contributed by atoms with van der Waals surface area (Å²) in [4.78, 5) is 13.1. The van der Waals surface area contributed by atoms with Crippen LogP contribution < -0.4 is 20.9 Å². The number of hydrogen-bond acceptors (Lipinski definition) is 6. The van der Waals surface area contributed by atoms with Gasteiger partial charge in [0.15, 0.2) is 11.6 Å². The molecule has 1 aromatic heterocycles. The van der Waals surface area contributed by atoms with Crippen molar-refractivity contribution in [1.82, 2.24) is 9.97 Å². The van der Waals surface area contributed by atoms with Crippen molar-refractivity contribution in [3.05, 3.63) is 48.3 Å². The Hall–Kier alpha value is -2.47. The van der Waals surface area contributed by atoms with Gasteiger partial charge in [-0.15, -0.1) is 6.58 Å². The maximum atomic E-state index is 6.23. The molecule has 24 heavy (non-hydrogen) atoms. The van der Waals surface area contributed by atoms with Gasteiger partial charge in [-0.3, -0.25) is 0 Å². The van der Waals surface area contributed by atoms with Crippen molar-refractivity contribution < 1.29 is 0 Å². The highest BCUT2D eigenvalue weighted by molar-refractivity contribution is 6.30. The van der Waals surface area contributed by atoms with Crippen LogP contribution in [0.4, 0.5) is 23.0 Å². The van der Waals surface area contributed by atoms with Crippen LogP contribution in [0, 0.1) is 0 Å². The van der Waals surface area contributed by atoms with Crippen LogP contribution in [0.3, 0.4) is 0 Å². The van der Waals surface area contributed by atoms with Crippen LogP contribution in [0.15, 0.2) is 43.2 Å². The van der Waals surface area contributed by atoms with Crippen LogP contribution >= 0.6 is 11.6 Å². The van der Waals surface area contributed by atoms with Crippen molar-refractivity contribution in [2.24, 2.45) is 0 Å². The minimum absolute atomic E-state index is 0.579. The van der Waals surface area contributed by atoms with Gasteiger partial charge in [-0.2, -0.15) is 0 Å². The molecule has 0 unspecified atom stereocenters. The van der Waals surface area contributed by atoms with Gasteiger partial charge in [-0.1, -0.05) is 23.7 Å². The molecule has 0 atom stereocenters. The van der Waals surface area contributed by atoms with Gasteiger partial charge in [0.2, 0.25) is 0 Å². The third-order valence-electron chi connectivity index (χ3n) is 4.03. The molecule has 3 N–H and O–H groups in total. The Morgan fingerprint density at radius 3 is 2.67 bits per heavy atom. The lowest BCUT2D eigenvalue weighted by Gasteiger charge is -2.37. The van der Waals surface area contributed by atoms with E-state index in [9.17, 15) is 0 Å². The molecule has 7 heteroatoms. The number of rotatable bonds is 5. The number of benzene rings is 1. The summed E-state index contributed by atoms with van der Waals surface area (Å²) in [5.41, 5.74) is 7.95. The maximum absolute atomic E-state index is 6.23. The minimum atomic E-state index is 0.579. The fourth-order valence-corrected chi connectivity index (χ4v) is 2.98. The summed E-state index contributed by atoms with van der Waals surface area (Å²) in [5, 5.41) is 3.89. The van der Waals surface area contributed by atoms with E-state index < -0.39 is 0 Å².